The Morgan fingerprint density at radius 2 is 2.11 bits per heavy atom. The van der Waals surface area contributed by atoms with Crippen LogP contribution in [0.3, 0.4) is 0 Å². The van der Waals surface area contributed by atoms with Crippen LogP contribution in [0.25, 0.3) is 11.3 Å². The number of nitrogens with zero attached hydrogens (tertiary/aromatic N) is 2. The molecule has 0 saturated carbocycles. The van der Waals surface area contributed by atoms with E-state index < -0.39 is 23.2 Å². The van der Waals surface area contributed by atoms with Crippen LogP contribution in [0.5, 0.6) is 0 Å². The third-order valence-corrected chi connectivity index (χ3v) is 2.54. The van der Waals surface area contributed by atoms with Gasteiger partial charge in [-0.05, 0) is 25.5 Å². The number of hydrogen-bond donors (Lipinski definition) is 1. The van der Waals surface area contributed by atoms with Crippen LogP contribution in [0.2, 0.25) is 0 Å². The van der Waals surface area contributed by atoms with Gasteiger partial charge in [0.05, 0.1) is 12.2 Å². The van der Waals surface area contributed by atoms with E-state index in [1.54, 1.807) is 6.92 Å². The molecule has 7 heteroatoms. The van der Waals surface area contributed by atoms with Crippen molar-refractivity contribution < 1.29 is 18.3 Å². The molecule has 100 valence electrons. The highest BCUT2D eigenvalue weighted by Gasteiger charge is 2.24. The standard InChI is InChI=1S/C12H11F2N3O2/c1-3-19-12(18)11-10(15-17-16-11)8-7(13)5-4-6(2)9(8)14/h4-5H,3H2,1-2H3,(H,15,16,17). The summed E-state index contributed by atoms with van der Waals surface area (Å²) in [5.74, 6) is -2.38. The highest BCUT2D eigenvalue weighted by atomic mass is 19.1. The maximum absolute atomic E-state index is 14.0. The van der Waals surface area contributed by atoms with Crippen molar-refractivity contribution in [2.24, 2.45) is 0 Å². The summed E-state index contributed by atoms with van der Waals surface area (Å²) in [4.78, 5) is 11.6. The number of hydrogen-bond acceptors (Lipinski definition) is 4. The van der Waals surface area contributed by atoms with Gasteiger partial charge in [0.15, 0.2) is 5.69 Å². The van der Waals surface area contributed by atoms with E-state index in [1.807, 2.05) is 0 Å². The topological polar surface area (TPSA) is 67.9 Å². The molecular formula is C12H11F2N3O2. The first-order chi connectivity index (χ1) is 9.06. The molecule has 19 heavy (non-hydrogen) atoms. The van der Waals surface area contributed by atoms with Gasteiger partial charge in [0.25, 0.3) is 0 Å². The lowest BCUT2D eigenvalue weighted by Gasteiger charge is -2.06. The monoisotopic (exact) mass is 267 g/mol. The summed E-state index contributed by atoms with van der Waals surface area (Å²) in [5, 5.41) is 9.39. The Labute approximate surface area is 107 Å². The third-order valence-electron chi connectivity index (χ3n) is 2.54. The molecule has 1 N–H and O–H groups in total. The molecular weight excluding hydrogens is 256 g/mol. The van der Waals surface area contributed by atoms with Crippen LogP contribution in [-0.2, 0) is 4.74 Å². The highest BCUT2D eigenvalue weighted by Crippen LogP contribution is 2.28. The summed E-state index contributed by atoms with van der Waals surface area (Å²) >= 11 is 0. The Morgan fingerprint density at radius 3 is 2.79 bits per heavy atom. The molecule has 0 spiro atoms. The van der Waals surface area contributed by atoms with Gasteiger partial charge >= 0.3 is 5.97 Å². The molecule has 2 aromatic rings. The Bertz CT molecular complexity index is 625. The first kappa shape index (κ1) is 13.1. The van der Waals surface area contributed by atoms with Gasteiger partial charge in [-0.15, -0.1) is 5.10 Å². The minimum Gasteiger partial charge on any atom is -0.461 e. The molecule has 0 unspecified atom stereocenters. The van der Waals surface area contributed by atoms with Crippen molar-refractivity contribution in [2.75, 3.05) is 6.61 Å². The van der Waals surface area contributed by atoms with Crippen molar-refractivity contribution in [3.05, 3.63) is 35.0 Å². The van der Waals surface area contributed by atoms with Crippen molar-refractivity contribution in [1.82, 2.24) is 15.4 Å². The summed E-state index contributed by atoms with van der Waals surface area (Å²) in [7, 11) is 0. The maximum Gasteiger partial charge on any atom is 0.361 e. The van der Waals surface area contributed by atoms with E-state index in [0.29, 0.717) is 0 Å². The maximum atomic E-state index is 14.0. The lowest BCUT2D eigenvalue weighted by molar-refractivity contribution is 0.0520. The van der Waals surface area contributed by atoms with Gasteiger partial charge in [0.1, 0.15) is 17.3 Å². The van der Waals surface area contributed by atoms with Crippen molar-refractivity contribution >= 4 is 5.97 Å². The van der Waals surface area contributed by atoms with Gasteiger partial charge in [0, 0.05) is 0 Å². The summed E-state index contributed by atoms with van der Waals surface area (Å²) in [6.07, 6.45) is 0. The lowest BCUT2D eigenvalue weighted by atomic mass is 10.1. The van der Waals surface area contributed by atoms with E-state index in [0.717, 1.165) is 6.07 Å². The molecule has 0 bridgehead atoms. The van der Waals surface area contributed by atoms with Crippen molar-refractivity contribution in [3.8, 4) is 11.3 Å². The number of rotatable bonds is 3. The summed E-state index contributed by atoms with van der Waals surface area (Å²) in [6.45, 7) is 3.23. The first-order valence-corrected chi connectivity index (χ1v) is 5.59. The number of H-pyrrole nitrogens is 1. The van der Waals surface area contributed by atoms with E-state index in [-0.39, 0.29) is 23.6 Å². The quantitative estimate of drug-likeness (QED) is 0.866. The SMILES string of the molecule is CCOC(=O)c1n[nH]nc1-c1c(F)ccc(C)c1F. The van der Waals surface area contributed by atoms with Crippen molar-refractivity contribution in [3.63, 3.8) is 0 Å². The number of benzene rings is 1. The van der Waals surface area contributed by atoms with Crippen LogP contribution in [0, 0.1) is 18.6 Å². The number of carbonyl (C=O) groups excluding carboxylic acids is 1. The van der Waals surface area contributed by atoms with Crippen LogP contribution in [0.15, 0.2) is 12.1 Å². The fourth-order valence-electron chi connectivity index (χ4n) is 1.62. The van der Waals surface area contributed by atoms with Gasteiger partial charge in [-0.25, -0.2) is 13.6 Å². The second kappa shape index (κ2) is 5.13. The minimum atomic E-state index is -0.817. The molecule has 0 atom stereocenters. The smallest absolute Gasteiger partial charge is 0.361 e. The molecule has 0 saturated heterocycles. The number of halogens is 2. The molecule has 0 aliphatic heterocycles. The average molecular weight is 267 g/mol. The molecule has 0 fully saturated rings. The molecule has 0 aliphatic carbocycles. The minimum absolute atomic E-state index is 0.129. The molecule has 1 aromatic carbocycles. The van der Waals surface area contributed by atoms with Crippen LogP contribution < -0.4 is 0 Å². The van der Waals surface area contributed by atoms with Crippen LogP contribution in [-0.4, -0.2) is 28.0 Å². The van der Waals surface area contributed by atoms with Gasteiger partial charge in [-0.3, -0.25) is 0 Å². The second-order valence-electron chi connectivity index (χ2n) is 3.79. The zero-order valence-corrected chi connectivity index (χ0v) is 10.3. The number of aromatic nitrogens is 3. The molecule has 1 heterocycles. The zero-order valence-electron chi connectivity index (χ0n) is 10.3. The van der Waals surface area contributed by atoms with Crippen LogP contribution in [0.4, 0.5) is 8.78 Å². The van der Waals surface area contributed by atoms with E-state index in [4.69, 9.17) is 4.74 Å². The number of esters is 1. The van der Waals surface area contributed by atoms with Gasteiger partial charge in [0.2, 0.25) is 0 Å². The third kappa shape index (κ3) is 2.31. The van der Waals surface area contributed by atoms with Crippen molar-refractivity contribution in [1.29, 1.82) is 0 Å². The Balaban J connectivity index is 2.58. The predicted molar refractivity (Wildman–Crippen MR) is 62.4 cm³/mol. The van der Waals surface area contributed by atoms with E-state index in [1.165, 1.54) is 13.0 Å². The van der Waals surface area contributed by atoms with Gasteiger partial charge < -0.3 is 4.74 Å². The number of carbonyl (C=O) groups is 1. The summed E-state index contributed by atoms with van der Waals surface area (Å²) in [5.41, 5.74) is -0.589. The van der Waals surface area contributed by atoms with E-state index >= 15 is 0 Å². The average Bonchev–Trinajstić information content (AvgIpc) is 2.84. The Kier molecular flexibility index (Phi) is 3.55. The Hall–Kier alpha value is -2.31. The second-order valence-corrected chi connectivity index (χ2v) is 3.79. The first-order valence-electron chi connectivity index (χ1n) is 5.59. The van der Waals surface area contributed by atoms with Gasteiger partial charge in [-0.2, -0.15) is 10.3 Å². The fourth-order valence-corrected chi connectivity index (χ4v) is 1.62. The summed E-state index contributed by atoms with van der Waals surface area (Å²) < 4.78 is 32.5. The molecule has 5 nitrogen and oxygen atoms in total. The molecule has 0 aliphatic rings. The number of aryl methyl sites for hydroxylation is 1. The normalized spacial score (nSPS) is 10.5. The molecule has 0 radical (unpaired) electrons. The number of aromatic amines is 1. The molecule has 2 rings (SSSR count). The fraction of sp³-hybridized carbons (Fsp3) is 0.250. The van der Waals surface area contributed by atoms with Crippen LogP contribution in [0.1, 0.15) is 23.0 Å². The summed E-state index contributed by atoms with van der Waals surface area (Å²) in [6, 6.07) is 2.41. The van der Waals surface area contributed by atoms with E-state index in [2.05, 4.69) is 15.4 Å². The van der Waals surface area contributed by atoms with Crippen LogP contribution >= 0.6 is 0 Å². The largest absolute Gasteiger partial charge is 0.461 e. The Morgan fingerprint density at radius 1 is 1.37 bits per heavy atom. The lowest BCUT2D eigenvalue weighted by Crippen LogP contribution is -2.08. The number of nitrogens with one attached hydrogen (secondary N) is 1. The molecule has 1 aromatic heterocycles. The van der Waals surface area contributed by atoms with Crippen molar-refractivity contribution in [2.45, 2.75) is 13.8 Å². The highest BCUT2D eigenvalue weighted by molar-refractivity contribution is 5.94. The zero-order chi connectivity index (χ0) is 14.0. The van der Waals surface area contributed by atoms with E-state index in [9.17, 15) is 13.6 Å². The predicted octanol–water partition coefficient (Wildman–Crippen LogP) is 2.24. The van der Waals surface area contributed by atoms with Gasteiger partial charge in [-0.1, -0.05) is 6.07 Å². The number of ether oxygens (including phenoxy) is 1. The molecule has 0 amide bonds.